The number of carbonyl (C=O) groups is 5. The summed E-state index contributed by atoms with van der Waals surface area (Å²) in [5.74, 6) is 2.27. The Morgan fingerprint density at radius 1 is 0.611 bits per heavy atom. The normalized spacial score (nSPS) is 17.4. The Hall–Kier alpha value is -1.69. The first-order valence-corrected chi connectivity index (χ1v) is 33.5. The summed E-state index contributed by atoms with van der Waals surface area (Å²) in [6.07, 6.45) is 33.3. The minimum Gasteiger partial charge on any atom is -0.462 e. The van der Waals surface area contributed by atoms with E-state index in [4.69, 9.17) is 18.5 Å². The van der Waals surface area contributed by atoms with Gasteiger partial charge in [-0.05, 0) is 51.4 Å². The van der Waals surface area contributed by atoms with E-state index in [0.717, 1.165) is 63.5 Å². The van der Waals surface area contributed by atoms with Gasteiger partial charge < -0.3 is 35.6 Å². The Morgan fingerprint density at radius 3 is 1.72 bits per heavy atom. The number of phosphoric acid groups is 1. The van der Waals surface area contributed by atoms with Gasteiger partial charge >= 0.3 is 25.8 Å². The maximum atomic E-state index is 12.9. The van der Waals surface area contributed by atoms with Crippen molar-refractivity contribution in [3.05, 3.63) is 0 Å². The molecule has 72 heavy (non-hydrogen) atoms. The Bertz CT molecular complexity index is 1470. The van der Waals surface area contributed by atoms with Crippen molar-refractivity contribution >= 4 is 71.0 Å². The molecule has 19 heteroatoms. The van der Waals surface area contributed by atoms with Crippen LogP contribution in [0.1, 0.15) is 232 Å². The Kier molecular flexibility index (Phi) is 42.0. The lowest BCUT2D eigenvalue weighted by Crippen LogP contribution is -2.36. The van der Waals surface area contributed by atoms with Crippen LogP contribution in [0, 0.1) is 0 Å². The summed E-state index contributed by atoms with van der Waals surface area (Å²) in [7, 11) is -0.579. The number of amides is 4. The Labute approximate surface area is 447 Å². The van der Waals surface area contributed by atoms with Gasteiger partial charge in [-0.2, -0.15) is 11.8 Å². The second kappa shape index (κ2) is 45.5. The van der Waals surface area contributed by atoms with Crippen LogP contribution in [0.5, 0.6) is 0 Å². The van der Waals surface area contributed by atoms with E-state index in [9.17, 15) is 33.4 Å². The molecule has 0 aliphatic carbocycles. The third kappa shape index (κ3) is 37.9. The molecule has 2 heterocycles. The van der Waals surface area contributed by atoms with Crippen LogP contribution in [0.4, 0.5) is 4.79 Å². The molecule has 0 bridgehead atoms. The summed E-state index contributed by atoms with van der Waals surface area (Å²) < 4.78 is 34.1. The smallest absolute Gasteiger partial charge is 0.462 e. The van der Waals surface area contributed by atoms with E-state index >= 15 is 0 Å². The van der Waals surface area contributed by atoms with Crippen molar-refractivity contribution in [3.8, 4) is 0 Å². The van der Waals surface area contributed by atoms with Crippen molar-refractivity contribution in [1.82, 2.24) is 21.3 Å². The number of urea groups is 1. The summed E-state index contributed by atoms with van der Waals surface area (Å²) in [5.41, 5.74) is 0. The van der Waals surface area contributed by atoms with Gasteiger partial charge in [-0.1, -0.05) is 177 Å². The van der Waals surface area contributed by atoms with Crippen molar-refractivity contribution in [1.29, 1.82) is 0 Å². The lowest BCUT2D eigenvalue weighted by atomic mass is 10.0. The van der Waals surface area contributed by atoms with E-state index in [-0.39, 0.29) is 69.0 Å². The van der Waals surface area contributed by atoms with Gasteiger partial charge in [0.25, 0.3) is 0 Å². The van der Waals surface area contributed by atoms with Gasteiger partial charge in [0.1, 0.15) is 6.61 Å². The number of unbranched alkanes of at least 4 members (excludes halogenated alkanes) is 24. The van der Waals surface area contributed by atoms with Crippen molar-refractivity contribution < 1.29 is 52.0 Å². The van der Waals surface area contributed by atoms with Crippen LogP contribution in [0.3, 0.4) is 0 Å². The molecule has 0 spiro atoms. The highest BCUT2D eigenvalue weighted by Crippen LogP contribution is 2.43. The summed E-state index contributed by atoms with van der Waals surface area (Å²) in [6.45, 7) is 3.79. The molecular weight excluding hydrogens is 996 g/mol. The zero-order valence-electron chi connectivity index (χ0n) is 44.7. The summed E-state index contributed by atoms with van der Waals surface area (Å²) in [5, 5.41) is 11.9. The Balaban J connectivity index is 1.59. The van der Waals surface area contributed by atoms with Gasteiger partial charge in [-0.25, -0.2) is 9.36 Å². The number of hydrogen-bond donors (Lipinski definition) is 5. The molecule has 0 radical (unpaired) electrons. The van der Waals surface area contributed by atoms with E-state index < -0.39 is 32.5 Å². The highest BCUT2D eigenvalue weighted by atomic mass is 33.1. The number of ether oxygens (including phenoxy) is 2. The fourth-order valence-electron chi connectivity index (χ4n) is 8.78. The second-order valence-corrected chi connectivity index (χ2v) is 25.1. The number of nitrogens with one attached hydrogen (secondary N) is 4. The summed E-state index contributed by atoms with van der Waals surface area (Å²) in [6, 6.07) is 0.280. The number of esters is 2. The number of fused-ring (bicyclic) bond motifs is 1. The lowest BCUT2D eigenvalue weighted by Gasteiger charge is -2.20. The van der Waals surface area contributed by atoms with Crippen LogP contribution in [0.15, 0.2) is 0 Å². The van der Waals surface area contributed by atoms with E-state index in [0.29, 0.717) is 43.9 Å². The minimum absolute atomic E-state index is 0.0180. The topological polar surface area (TPSA) is 208 Å². The maximum Gasteiger partial charge on any atom is 0.472 e. The molecule has 2 aliphatic heterocycles. The Morgan fingerprint density at radius 2 is 1.12 bits per heavy atom. The van der Waals surface area contributed by atoms with Crippen LogP contribution in [-0.2, 0) is 42.3 Å². The van der Waals surface area contributed by atoms with Crippen LogP contribution in [-0.4, -0.2) is 108 Å². The summed E-state index contributed by atoms with van der Waals surface area (Å²) in [4.78, 5) is 72.1. The molecule has 5 N–H and O–H groups in total. The third-order valence-corrected chi connectivity index (χ3v) is 18.2. The van der Waals surface area contributed by atoms with E-state index in [1.54, 1.807) is 0 Å². The number of phosphoric ester groups is 1. The SMILES string of the molecule is CCCCCCCCCCCCCC(=O)OC[C@H](COP(=O)(O)OCCNC(=O)CCCCNC(=O)CCCC[C@@H]1SCC2NC(=O)NC21)OC(=O)CCCCCCCCCCCCCCCSSCCC. The molecule has 2 fully saturated rings. The molecule has 0 saturated carbocycles. The molecule has 0 aromatic carbocycles. The molecule has 2 aliphatic rings. The van der Waals surface area contributed by atoms with Crippen molar-refractivity contribution in [2.24, 2.45) is 0 Å². The zero-order chi connectivity index (χ0) is 52.2. The molecule has 2 saturated heterocycles. The highest BCUT2D eigenvalue weighted by molar-refractivity contribution is 8.76. The molecule has 4 amide bonds. The fraction of sp³-hybridized carbons (Fsp3) is 0.906. The molecule has 0 aromatic rings. The van der Waals surface area contributed by atoms with Crippen LogP contribution in [0.2, 0.25) is 0 Å². The van der Waals surface area contributed by atoms with Crippen LogP contribution >= 0.6 is 41.2 Å². The maximum absolute atomic E-state index is 12.9. The van der Waals surface area contributed by atoms with Crippen molar-refractivity contribution in [2.75, 3.05) is 50.2 Å². The van der Waals surface area contributed by atoms with Gasteiger partial charge in [0.05, 0.1) is 25.3 Å². The van der Waals surface area contributed by atoms with E-state index in [2.05, 4.69) is 35.1 Å². The van der Waals surface area contributed by atoms with Crippen LogP contribution < -0.4 is 21.3 Å². The average Bonchev–Trinajstić information content (AvgIpc) is 3.92. The van der Waals surface area contributed by atoms with Gasteiger partial charge in [0.2, 0.25) is 11.8 Å². The van der Waals surface area contributed by atoms with Gasteiger partial charge in [0, 0.05) is 61.3 Å². The first kappa shape index (κ1) is 66.4. The fourth-order valence-corrected chi connectivity index (χ4v) is 13.4. The monoisotopic (exact) mass is 1090 g/mol. The average molecular weight is 1100 g/mol. The number of rotatable bonds is 51. The number of carbonyl (C=O) groups excluding carboxylic acids is 5. The van der Waals surface area contributed by atoms with E-state index in [1.165, 1.54) is 121 Å². The van der Waals surface area contributed by atoms with Gasteiger partial charge in [-0.3, -0.25) is 28.2 Å². The predicted octanol–water partition coefficient (Wildman–Crippen LogP) is 12.7. The first-order chi connectivity index (χ1) is 35.0. The van der Waals surface area contributed by atoms with Gasteiger partial charge in [-0.15, -0.1) is 0 Å². The molecule has 15 nitrogen and oxygen atoms in total. The second-order valence-electron chi connectivity index (χ2n) is 19.7. The van der Waals surface area contributed by atoms with Gasteiger partial charge in [0.15, 0.2) is 6.10 Å². The van der Waals surface area contributed by atoms with Crippen molar-refractivity contribution in [2.45, 2.75) is 256 Å². The standard InChI is InChI=1S/C53H99N4O11PS3/c1-3-5-6-7-8-9-13-16-19-22-25-35-50(60)65-42-45(68-51(61)36-26-23-20-17-14-11-10-12-15-18-21-24-31-41-72-71-40-4-2)43-67-69(63,64)66-39-38-55-49(59)34-29-30-37-54-48(58)33-28-27-32-47-52-46(44-70-47)56-53(62)57-52/h45-47,52H,3-44H2,1-2H3,(H,54,58)(H,55,59)(H,63,64)(H2,56,57,62)/t45-,46?,47+,52?/m1/s1. The molecule has 2 rings (SSSR count). The van der Waals surface area contributed by atoms with Crippen molar-refractivity contribution in [3.63, 3.8) is 0 Å². The minimum atomic E-state index is -4.60. The molecule has 0 aromatic heterocycles. The third-order valence-electron chi connectivity index (χ3n) is 13.0. The first-order valence-electron chi connectivity index (χ1n) is 28.5. The predicted molar refractivity (Wildman–Crippen MR) is 297 cm³/mol. The number of hydrogen-bond acceptors (Lipinski definition) is 13. The van der Waals surface area contributed by atoms with Crippen LogP contribution in [0.25, 0.3) is 0 Å². The highest BCUT2D eigenvalue weighted by Gasteiger charge is 2.42. The quantitative estimate of drug-likeness (QED) is 0.0126. The lowest BCUT2D eigenvalue weighted by molar-refractivity contribution is -0.161. The molecule has 5 atom stereocenters. The largest absolute Gasteiger partial charge is 0.472 e. The molecule has 3 unspecified atom stereocenters. The summed E-state index contributed by atoms with van der Waals surface area (Å²) >= 11 is 1.87. The number of thioether (sulfide) groups is 1. The van der Waals surface area contributed by atoms with E-state index in [1.807, 2.05) is 33.3 Å². The molecule has 420 valence electrons. The molecular formula is C53H99N4O11PS3. The zero-order valence-corrected chi connectivity index (χ0v) is 48.1.